The normalized spacial score (nSPS) is 13.5. The maximum absolute atomic E-state index is 5.67. The zero-order valence-electron chi connectivity index (χ0n) is 11.6. The Bertz CT molecular complexity index is 542. The Labute approximate surface area is 120 Å². The van der Waals surface area contributed by atoms with Crippen molar-refractivity contribution >= 4 is 11.4 Å². The number of hydrogen-bond donors (Lipinski definition) is 1. The van der Waals surface area contributed by atoms with Crippen LogP contribution in [-0.4, -0.2) is 26.2 Å². The second-order valence-electron chi connectivity index (χ2n) is 4.95. The van der Waals surface area contributed by atoms with Gasteiger partial charge in [-0.05, 0) is 30.7 Å². The average molecular weight is 268 g/mol. The molecule has 0 spiro atoms. The van der Waals surface area contributed by atoms with Crippen molar-refractivity contribution in [3.8, 4) is 5.75 Å². The number of fused-ring (bicyclic) bond motifs is 1. The van der Waals surface area contributed by atoms with Gasteiger partial charge >= 0.3 is 0 Å². The summed E-state index contributed by atoms with van der Waals surface area (Å²) in [4.78, 5) is 2.41. The number of nitrogens with zero attached hydrogens (tertiary/aromatic N) is 1. The van der Waals surface area contributed by atoms with Crippen LogP contribution in [0.5, 0.6) is 5.75 Å². The SMILES string of the molecule is c1ccc(NCCCN2CCOc3ccccc32)cc1. The number of ether oxygens (including phenoxy) is 1. The monoisotopic (exact) mass is 268 g/mol. The lowest BCUT2D eigenvalue weighted by Gasteiger charge is -2.31. The third kappa shape index (κ3) is 3.05. The Morgan fingerprint density at radius 1 is 1.00 bits per heavy atom. The number of nitrogens with one attached hydrogen (secondary N) is 1. The van der Waals surface area contributed by atoms with Crippen molar-refractivity contribution < 1.29 is 4.74 Å². The molecule has 1 aliphatic heterocycles. The van der Waals surface area contributed by atoms with Crippen molar-refractivity contribution in [3.63, 3.8) is 0 Å². The molecule has 1 aliphatic rings. The molecule has 0 unspecified atom stereocenters. The minimum absolute atomic E-state index is 0.781. The van der Waals surface area contributed by atoms with Crippen LogP contribution in [0.25, 0.3) is 0 Å². The molecule has 3 rings (SSSR count). The van der Waals surface area contributed by atoms with Crippen LogP contribution in [0.1, 0.15) is 6.42 Å². The zero-order valence-corrected chi connectivity index (χ0v) is 11.6. The van der Waals surface area contributed by atoms with E-state index in [0.29, 0.717) is 0 Å². The summed E-state index contributed by atoms with van der Waals surface area (Å²) in [5.41, 5.74) is 2.41. The van der Waals surface area contributed by atoms with E-state index in [1.165, 1.54) is 11.4 Å². The molecule has 0 saturated heterocycles. The largest absolute Gasteiger partial charge is 0.490 e. The van der Waals surface area contributed by atoms with Crippen LogP contribution in [0, 0.1) is 0 Å². The van der Waals surface area contributed by atoms with E-state index < -0.39 is 0 Å². The summed E-state index contributed by atoms with van der Waals surface area (Å²) in [5.74, 6) is 1.01. The highest BCUT2D eigenvalue weighted by atomic mass is 16.5. The number of rotatable bonds is 5. The van der Waals surface area contributed by atoms with Crippen molar-refractivity contribution in [1.82, 2.24) is 0 Å². The Hall–Kier alpha value is -2.16. The van der Waals surface area contributed by atoms with Crippen LogP contribution in [0.15, 0.2) is 54.6 Å². The second-order valence-corrected chi connectivity index (χ2v) is 4.95. The molecular weight excluding hydrogens is 248 g/mol. The molecule has 0 bridgehead atoms. The van der Waals surface area contributed by atoms with E-state index in [-0.39, 0.29) is 0 Å². The van der Waals surface area contributed by atoms with Crippen molar-refractivity contribution in [2.75, 3.05) is 36.5 Å². The first kappa shape index (κ1) is 12.9. The molecule has 0 saturated carbocycles. The first-order chi connectivity index (χ1) is 9.93. The molecule has 104 valence electrons. The Balaban J connectivity index is 1.50. The van der Waals surface area contributed by atoms with E-state index in [2.05, 4.69) is 46.6 Å². The van der Waals surface area contributed by atoms with Crippen molar-refractivity contribution in [3.05, 3.63) is 54.6 Å². The standard InChI is InChI=1S/C17H20N2O/c1-2-7-15(8-3-1)18-11-6-12-19-13-14-20-17-10-5-4-9-16(17)19/h1-5,7-10,18H,6,11-14H2. The fraction of sp³-hybridized carbons (Fsp3) is 0.294. The fourth-order valence-corrected chi connectivity index (χ4v) is 2.52. The van der Waals surface area contributed by atoms with Gasteiger partial charge in [0.2, 0.25) is 0 Å². The highest BCUT2D eigenvalue weighted by Gasteiger charge is 2.16. The van der Waals surface area contributed by atoms with Gasteiger partial charge in [0.15, 0.2) is 0 Å². The van der Waals surface area contributed by atoms with Crippen molar-refractivity contribution in [2.24, 2.45) is 0 Å². The first-order valence-corrected chi connectivity index (χ1v) is 7.19. The van der Waals surface area contributed by atoms with Crippen LogP contribution in [0.2, 0.25) is 0 Å². The van der Waals surface area contributed by atoms with Crippen LogP contribution in [0.4, 0.5) is 11.4 Å². The number of hydrogen-bond acceptors (Lipinski definition) is 3. The van der Waals surface area contributed by atoms with Crippen LogP contribution < -0.4 is 15.0 Å². The molecule has 0 aromatic heterocycles. The van der Waals surface area contributed by atoms with Gasteiger partial charge in [-0.1, -0.05) is 30.3 Å². The van der Waals surface area contributed by atoms with Gasteiger partial charge in [0.1, 0.15) is 12.4 Å². The Kier molecular flexibility index (Phi) is 4.07. The summed E-state index contributed by atoms with van der Waals surface area (Å²) in [6, 6.07) is 18.6. The summed E-state index contributed by atoms with van der Waals surface area (Å²) in [7, 11) is 0. The van der Waals surface area contributed by atoms with E-state index in [9.17, 15) is 0 Å². The highest BCUT2D eigenvalue weighted by molar-refractivity contribution is 5.59. The summed E-state index contributed by atoms with van der Waals surface area (Å²) < 4.78 is 5.67. The van der Waals surface area contributed by atoms with E-state index >= 15 is 0 Å². The predicted molar refractivity (Wildman–Crippen MR) is 83.7 cm³/mol. The van der Waals surface area contributed by atoms with Crippen LogP contribution >= 0.6 is 0 Å². The molecule has 20 heavy (non-hydrogen) atoms. The second kappa shape index (κ2) is 6.33. The zero-order chi connectivity index (χ0) is 13.6. The van der Waals surface area contributed by atoms with Gasteiger partial charge in [0.25, 0.3) is 0 Å². The molecule has 0 radical (unpaired) electrons. The molecule has 0 aliphatic carbocycles. The number of para-hydroxylation sites is 3. The lowest BCUT2D eigenvalue weighted by Crippen LogP contribution is -2.34. The van der Waals surface area contributed by atoms with Gasteiger partial charge < -0.3 is 15.0 Å². The molecule has 2 aromatic carbocycles. The summed E-state index contributed by atoms with van der Waals surface area (Å²) >= 11 is 0. The molecule has 2 aromatic rings. The molecule has 3 heteroatoms. The van der Waals surface area contributed by atoms with Crippen LogP contribution in [0.3, 0.4) is 0 Å². The third-order valence-corrected chi connectivity index (χ3v) is 3.53. The van der Waals surface area contributed by atoms with Crippen molar-refractivity contribution in [1.29, 1.82) is 0 Å². The summed E-state index contributed by atoms with van der Waals surface area (Å²) in [6.45, 7) is 3.80. The van der Waals surface area contributed by atoms with Crippen LogP contribution in [-0.2, 0) is 0 Å². The van der Waals surface area contributed by atoms with E-state index in [1.807, 2.05) is 18.2 Å². The lowest BCUT2D eigenvalue weighted by molar-refractivity contribution is 0.307. The number of anilines is 2. The molecule has 0 amide bonds. The lowest BCUT2D eigenvalue weighted by atomic mass is 10.2. The highest BCUT2D eigenvalue weighted by Crippen LogP contribution is 2.30. The topological polar surface area (TPSA) is 24.5 Å². The van der Waals surface area contributed by atoms with Gasteiger partial charge in [0.05, 0.1) is 12.2 Å². The molecule has 1 heterocycles. The van der Waals surface area contributed by atoms with Crippen molar-refractivity contribution in [2.45, 2.75) is 6.42 Å². The van der Waals surface area contributed by atoms with Gasteiger partial charge in [-0.3, -0.25) is 0 Å². The minimum Gasteiger partial charge on any atom is -0.490 e. The summed E-state index contributed by atoms with van der Waals surface area (Å²) in [6.07, 6.45) is 1.11. The molecule has 3 nitrogen and oxygen atoms in total. The summed E-state index contributed by atoms with van der Waals surface area (Å²) in [5, 5.41) is 3.45. The van der Waals surface area contributed by atoms with E-state index in [4.69, 9.17) is 4.74 Å². The Morgan fingerprint density at radius 3 is 2.70 bits per heavy atom. The minimum atomic E-state index is 0.781. The van der Waals surface area contributed by atoms with Gasteiger partial charge in [-0.15, -0.1) is 0 Å². The van der Waals surface area contributed by atoms with Gasteiger partial charge in [-0.2, -0.15) is 0 Å². The maximum Gasteiger partial charge on any atom is 0.142 e. The quantitative estimate of drug-likeness (QED) is 0.841. The average Bonchev–Trinajstić information content (AvgIpc) is 2.53. The maximum atomic E-state index is 5.67. The predicted octanol–water partition coefficient (Wildman–Crippen LogP) is 3.39. The molecular formula is C17H20N2O. The molecule has 0 atom stereocenters. The number of benzene rings is 2. The molecule has 0 fully saturated rings. The molecule has 1 N–H and O–H groups in total. The van der Waals surface area contributed by atoms with E-state index in [0.717, 1.165) is 38.4 Å². The first-order valence-electron chi connectivity index (χ1n) is 7.19. The third-order valence-electron chi connectivity index (χ3n) is 3.53. The Morgan fingerprint density at radius 2 is 1.80 bits per heavy atom. The van der Waals surface area contributed by atoms with Gasteiger partial charge in [0, 0.05) is 18.8 Å². The van der Waals surface area contributed by atoms with E-state index in [1.54, 1.807) is 0 Å². The smallest absolute Gasteiger partial charge is 0.142 e. The fourth-order valence-electron chi connectivity index (χ4n) is 2.52. The van der Waals surface area contributed by atoms with Gasteiger partial charge in [-0.25, -0.2) is 0 Å².